The molecular formula is C20H24N2O4. The molecule has 0 saturated heterocycles. The third-order valence-corrected chi connectivity index (χ3v) is 3.35. The molecule has 2 rings (SSSR count). The zero-order valence-electron chi connectivity index (χ0n) is 15.5. The maximum atomic E-state index is 12.1. The first kappa shape index (κ1) is 19.3. The van der Waals surface area contributed by atoms with E-state index in [1.165, 1.54) is 0 Å². The molecule has 0 spiro atoms. The Bertz CT molecular complexity index is 764. The van der Waals surface area contributed by atoms with E-state index in [1.807, 2.05) is 26.8 Å². The van der Waals surface area contributed by atoms with E-state index >= 15 is 0 Å². The first-order chi connectivity index (χ1) is 12.3. The van der Waals surface area contributed by atoms with Gasteiger partial charge in [-0.3, -0.25) is 9.59 Å². The highest BCUT2D eigenvalue weighted by atomic mass is 16.5. The van der Waals surface area contributed by atoms with Crippen LogP contribution in [0, 0.1) is 0 Å². The molecule has 0 bridgehead atoms. The second kappa shape index (κ2) is 8.38. The van der Waals surface area contributed by atoms with Gasteiger partial charge in [0.2, 0.25) is 0 Å². The summed E-state index contributed by atoms with van der Waals surface area (Å²) in [6.07, 6.45) is 0. The van der Waals surface area contributed by atoms with Crippen molar-refractivity contribution in [1.29, 1.82) is 0 Å². The largest absolute Gasteiger partial charge is 0.493 e. The Labute approximate surface area is 153 Å². The van der Waals surface area contributed by atoms with Crippen LogP contribution >= 0.6 is 0 Å². The van der Waals surface area contributed by atoms with Crippen molar-refractivity contribution in [3.05, 3.63) is 54.1 Å². The van der Waals surface area contributed by atoms with Crippen LogP contribution in [0.15, 0.2) is 48.5 Å². The third kappa shape index (κ3) is 5.81. The fourth-order valence-electron chi connectivity index (χ4n) is 2.20. The van der Waals surface area contributed by atoms with Crippen molar-refractivity contribution in [3.8, 4) is 11.5 Å². The second-order valence-corrected chi connectivity index (χ2v) is 6.77. The van der Waals surface area contributed by atoms with Gasteiger partial charge in [-0.05, 0) is 57.2 Å². The average molecular weight is 356 g/mol. The van der Waals surface area contributed by atoms with Gasteiger partial charge in [0.05, 0.1) is 7.11 Å². The molecule has 0 atom stereocenters. The zero-order valence-corrected chi connectivity index (χ0v) is 15.5. The first-order valence-corrected chi connectivity index (χ1v) is 8.27. The Kier molecular flexibility index (Phi) is 6.22. The van der Waals surface area contributed by atoms with Crippen molar-refractivity contribution in [3.63, 3.8) is 0 Å². The molecule has 2 N–H and O–H groups in total. The van der Waals surface area contributed by atoms with Crippen molar-refractivity contribution < 1.29 is 19.1 Å². The highest BCUT2D eigenvalue weighted by Crippen LogP contribution is 2.25. The summed E-state index contributed by atoms with van der Waals surface area (Å²) in [7, 11) is 1.54. The van der Waals surface area contributed by atoms with E-state index in [9.17, 15) is 9.59 Å². The molecule has 0 fully saturated rings. The number of carbonyl (C=O) groups excluding carboxylic acids is 2. The molecule has 0 saturated carbocycles. The van der Waals surface area contributed by atoms with E-state index < -0.39 is 0 Å². The highest BCUT2D eigenvalue weighted by molar-refractivity contribution is 5.96. The van der Waals surface area contributed by atoms with Gasteiger partial charge in [-0.2, -0.15) is 0 Å². The van der Waals surface area contributed by atoms with Gasteiger partial charge in [0.25, 0.3) is 11.8 Å². The number of carbonyl (C=O) groups is 2. The zero-order chi connectivity index (χ0) is 19.2. The van der Waals surface area contributed by atoms with E-state index in [2.05, 4.69) is 10.6 Å². The van der Waals surface area contributed by atoms with Crippen LogP contribution in [-0.2, 0) is 4.79 Å². The minimum atomic E-state index is -0.306. The molecule has 2 amide bonds. The first-order valence-electron chi connectivity index (χ1n) is 8.27. The van der Waals surface area contributed by atoms with Crippen LogP contribution < -0.4 is 20.1 Å². The molecule has 0 aliphatic rings. The minimum absolute atomic E-state index is 0.146. The quantitative estimate of drug-likeness (QED) is 0.833. The summed E-state index contributed by atoms with van der Waals surface area (Å²) in [5, 5.41) is 5.61. The lowest BCUT2D eigenvalue weighted by atomic mass is 10.1. The summed E-state index contributed by atoms with van der Waals surface area (Å²) < 4.78 is 10.6. The van der Waals surface area contributed by atoms with Gasteiger partial charge in [0, 0.05) is 16.8 Å². The third-order valence-electron chi connectivity index (χ3n) is 3.35. The Morgan fingerprint density at radius 2 is 1.58 bits per heavy atom. The summed E-state index contributed by atoms with van der Waals surface area (Å²) in [5.41, 5.74) is 0.814. The lowest BCUT2D eigenvalue weighted by molar-refractivity contribution is -0.118. The van der Waals surface area contributed by atoms with E-state index in [0.717, 1.165) is 0 Å². The normalized spacial score (nSPS) is 10.8. The van der Waals surface area contributed by atoms with Crippen molar-refractivity contribution in [2.45, 2.75) is 26.3 Å². The van der Waals surface area contributed by atoms with Gasteiger partial charge in [0.15, 0.2) is 18.1 Å². The molecular weight excluding hydrogens is 332 g/mol. The second-order valence-electron chi connectivity index (χ2n) is 6.77. The van der Waals surface area contributed by atoms with Gasteiger partial charge in [0.1, 0.15) is 0 Å². The molecule has 0 heterocycles. The predicted molar refractivity (Wildman–Crippen MR) is 101 cm³/mol. The number of rotatable bonds is 6. The Balaban J connectivity index is 1.90. The number of methoxy groups -OCH3 is 1. The molecule has 0 unspecified atom stereocenters. The van der Waals surface area contributed by atoms with Crippen molar-refractivity contribution in [2.24, 2.45) is 0 Å². The minimum Gasteiger partial charge on any atom is -0.493 e. The highest BCUT2D eigenvalue weighted by Gasteiger charge is 2.15. The van der Waals surface area contributed by atoms with Crippen LogP contribution in [-0.4, -0.2) is 31.1 Å². The van der Waals surface area contributed by atoms with Crippen LogP contribution in [0.4, 0.5) is 5.69 Å². The molecule has 0 radical (unpaired) electrons. The van der Waals surface area contributed by atoms with E-state index in [1.54, 1.807) is 49.6 Å². The SMILES string of the molecule is COc1ccccc1OCC(=O)Nc1ccc(C(=O)NC(C)(C)C)cc1. The summed E-state index contributed by atoms with van der Waals surface area (Å²) in [6.45, 7) is 5.61. The van der Waals surface area contributed by atoms with Crippen LogP contribution in [0.5, 0.6) is 11.5 Å². The molecule has 6 heteroatoms. The summed E-state index contributed by atoms with van der Waals surface area (Å²) in [5.74, 6) is 0.603. The number of ether oxygens (including phenoxy) is 2. The van der Waals surface area contributed by atoms with Gasteiger partial charge in [-0.15, -0.1) is 0 Å². The number of para-hydroxylation sites is 2. The Hall–Kier alpha value is -3.02. The predicted octanol–water partition coefficient (Wildman–Crippen LogP) is 3.24. The number of hydrogen-bond donors (Lipinski definition) is 2. The van der Waals surface area contributed by atoms with E-state index in [4.69, 9.17) is 9.47 Å². The summed E-state index contributed by atoms with van der Waals surface area (Å²) in [6, 6.07) is 13.8. The molecule has 0 aliphatic heterocycles. The number of anilines is 1. The lowest BCUT2D eigenvalue weighted by Crippen LogP contribution is -2.40. The lowest BCUT2D eigenvalue weighted by Gasteiger charge is -2.20. The standard InChI is InChI=1S/C20H24N2O4/c1-20(2,3)22-19(24)14-9-11-15(12-10-14)21-18(23)13-26-17-8-6-5-7-16(17)25-4/h5-12H,13H2,1-4H3,(H,21,23)(H,22,24). The number of nitrogens with one attached hydrogen (secondary N) is 2. The van der Waals surface area contributed by atoms with Crippen LogP contribution in [0.1, 0.15) is 31.1 Å². The summed E-state index contributed by atoms with van der Waals surface area (Å²) >= 11 is 0. The molecule has 2 aromatic rings. The fraction of sp³-hybridized carbons (Fsp3) is 0.300. The molecule has 2 aromatic carbocycles. The molecule has 6 nitrogen and oxygen atoms in total. The number of hydrogen-bond acceptors (Lipinski definition) is 4. The van der Waals surface area contributed by atoms with E-state index in [0.29, 0.717) is 22.7 Å². The number of benzene rings is 2. The van der Waals surface area contributed by atoms with Crippen molar-refractivity contribution in [2.75, 3.05) is 19.0 Å². The van der Waals surface area contributed by atoms with E-state index in [-0.39, 0.29) is 24.0 Å². The van der Waals surface area contributed by atoms with Gasteiger partial charge < -0.3 is 20.1 Å². The molecule has 138 valence electrons. The topological polar surface area (TPSA) is 76.7 Å². The van der Waals surface area contributed by atoms with Gasteiger partial charge in [-0.1, -0.05) is 12.1 Å². The van der Waals surface area contributed by atoms with Gasteiger partial charge >= 0.3 is 0 Å². The van der Waals surface area contributed by atoms with Crippen LogP contribution in [0.3, 0.4) is 0 Å². The monoisotopic (exact) mass is 356 g/mol. The molecule has 26 heavy (non-hydrogen) atoms. The number of amides is 2. The maximum Gasteiger partial charge on any atom is 0.262 e. The fourth-order valence-corrected chi connectivity index (χ4v) is 2.20. The average Bonchev–Trinajstić information content (AvgIpc) is 2.59. The van der Waals surface area contributed by atoms with Crippen LogP contribution in [0.25, 0.3) is 0 Å². The maximum absolute atomic E-state index is 12.1. The van der Waals surface area contributed by atoms with Crippen molar-refractivity contribution in [1.82, 2.24) is 5.32 Å². The Morgan fingerprint density at radius 1 is 0.962 bits per heavy atom. The van der Waals surface area contributed by atoms with Gasteiger partial charge in [-0.25, -0.2) is 0 Å². The van der Waals surface area contributed by atoms with Crippen LogP contribution in [0.2, 0.25) is 0 Å². The molecule has 0 aromatic heterocycles. The van der Waals surface area contributed by atoms with Crippen molar-refractivity contribution >= 4 is 17.5 Å². The smallest absolute Gasteiger partial charge is 0.262 e. The molecule has 0 aliphatic carbocycles. The summed E-state index contributed by atoms with van der Waals surface area (Å²) in [4.78, 5) is 24.1. The Morgan fingerprint density at radius 3 is 2.15 bits per heavy atom.